The van der Waals surface area contributed by atoms with Crippen molar-refractivity contribution in [1.82, 2.24) is 5.32 Å². The van der Waals surface area contributed by atoms with Gasteiger partial charge < -0.3 is 5.32 Å². The van der Waals surface area contributed by atoms with Crippen molar-refractivity contribution in [2.75, 3.05) is 13.1 Å². The summed E-state index contributed by atoms with van der Waals surface area (Å²) in [6.45, 7) is 2.01. The average Bonchev–Trinajstić information content (AvgIpc) is 2.67. The van der Waals surface area contributed by atoms with Crippen molar-refractivity contribution in [1.29, 1.82) is 0 Å². The van der Waals surface area contributed by atoms with E-state index in [1.807, 2.05) is 0 Å². The third-order valence-corrected chi connectivity index (χ3v) is 3.80. The van der Waals surface area contributed by atoms with Crippen LogP contribution in [-0.4, -0.2) is 13.1 Å². The van der Waals surface area contributed by atoms with Crippen molar-refractivity contribution in [3.05, 3.63) is 35.4 Å². The van der Waals surface area contributed by atoms with Crippen LogP contribution >= 0.6 is 0 Å². The maximum absolute atomic E-state index is 13.5. The molecule has 0 amide bonds. The summed E-state index contributed by atoms with van der Waals surface area (Å²) in [6, 6.07) is 3.94. The Labute approximate surface area is 87.5 Å². The van der Waals surface area contributed by atoms with Crippen molar-refractivity contribution < 1.29 is 8.78 Å². The molecule has 3 rings (SSSR count). The molecule has 1 spiro atoms. The molecule has 1 aromatic carbocycles. The Balaban J connectivity index is 1.89. The van der Waals surface area contributed by atoms with Gasteiger partial charge in [0, 0.05) is 12.6 Å². The minimum absolute atomic E-state index is 0.276. The van der Waals surface area contributed by atoms with Gasteiger partial charge in [0.25, 0.3) is 0 Å². The molecule has 1 N–H and O–H groups in total. The van der Waals surface area contributed by atoms with Crippen LogP contribution in [0.1, 0.15) is 24.3 Å². The number of rotatable bonds is 1. The van der Waals surface area contributed by atoms with Crippen molar-refractivity contribution in [3.8, 4) is 0 Å². The molecule has 2 fully saturated rings. The summed E-state index contributed by atoms with van der Waals surface area (Å²) in [7, 11) is 0. The van der Waals surface area contributed by atoms with Gasteiger partial charge in [0.2, 0.25) is 0 Å². The van der Waals surface area contributed by atoms with E-state index in [2.05, 4.69) is 5.32 Å². The second-order valence-corrected chi connectivity index (χ2v) is 4.71. The summed E-state index contributed by atoms with van der Waals surface area (Å²) in [4.78, 5) is 0. The standard InChI is InChI=1S/C12H13F2N/c13-8-1-2-9(11(14)5-8)10-6-12(10)3-4-15-7-12/h1-2,5,10,15H,3-4,6-7H2/t10-,12+/m1/s1. The van der Waals surface area contributed by atoms with Crippen LogP contribution in [0.25, 0.3) is 0 Å². The van der Waals surface area contributed by atoms with Crippen LogP contribution in [0.15, 0.2) is 18.2 Å². The Hall–Kier alpha value is -0.960. The molecule has 1 aliphatic heterocycles. The van der Waals surface area contributed by atoms with E-state index in [0.717, 1.165) is 32.0 Å². The van der Waals surface area contributed by atoms with Gasteiger partial charge in [-0.25, -0.2) is 8.78 Å². The SMILES string of the molecule is Fc1ccc([C@H]2C[C@]23CCNC3)c(F)c1. The molecule has 1 nitrogen and oxygen atoms in total. The molecule has 1 heterocycles. The van der Waals surface area contributed by atoms with Crippen LogP contribution < -0.4 is 5.32 Å². The molecule has 0 bridgehead atoms. The van der Waals surface area contributed by atoms with Crippen LogP contribution in [0.4, 0.5) is 8.78 Å². The zero-order valence-corrected chi connectivity index (χ0v) is 8.39. The van der Waals surface area contributed by atoms with Crippen LogP contribution in [-0.2, 0) is 0 Å². The van der Waals surface area contributed by atoms with E-state index in [1.165, 1.54) is 6.07 Å². The minimum atomic E-state index is -0.490. The lowest BCUT2D eigenvalue weighted by Crippen LogP contribution is -2.11. The summed E-state index contributed by atoms with van der Waals surface area (Å²) in [5.74, 6) is -0.577. The van der Waals surface area contributed by atoms with Crippen LogP contribution in [0.5, 0.6) is 0 Å². The van der Waals surface area contributed by atoms with Gasteiger partial charge >= 0.3 is 0 Å². The maximum Gasteiger partial charge on any atom is 0.129 e. The predicted octanol–water partition coefficient (Wildman–Crippen LogP) is 2.43. The van der Waals surface area contributed by atoms with Gasteiger partial charge in [0.15, 0.2) is 0 Å². The Morgan fingerprint density at radius 1 is 1.33 bits per heavy atom. The summed E-state index contributed by atoms with van der Waals surface area (Å²) >= 11 is 0. The lowest BCUT2D eigenvalue weighted by molar-refractivity contribution is 0.526. The first-order chi connectivity index (χ1) is 7.21. The lowest BCUT2D eigenvalue weighted by atomic mass is 9.98. The third-order valence-electron chi connectivity index (χ3n) is 3.80. The fourth-order valence-corrected chi connectivity index (χ4v) is 2.81. The molecule has 3 heteroatoms. The van der Waals surface area contributed by atoms with E-state index >= 15 is 0 Å². The minimum Gasteiger partial charge on any atom is -0.316 e. The molecule has 2 aliphatic rings. The normalized spacial score (nSPS) is 33.6. The van der Waals surface area contributed by atoms with E-state index in [4.69, 9.17) is 0 Å². The second-order valence-electron chi connectivity index (χ2n) is 4.71. The number of hydrogen-bond acceptors (Lipinski definition) is 1. The van der Waals surface area contributed by atoms with Crippen LogP contribution in [0.2, 0.25) is 0 Å². The molecule has 1 saturated heterocycles. The molecule has 2 atom stereocenters. The summed E-state index contributed by atoms with van der Waals surface area (Å²) in [5.41, 5.74) is 0.971. The maximum atomic E-state index is 13.5. The molecule has 1 aromatic rings. The largest absolute Gasteiger partial charge is 0.316 e. The summed E-state index contributed by atoms with van der Waals surface area (Å²) in [6.07, 6.45) is 2.16. The van der Waals surface area contributed by atoms with E-state index in [-0.39, 0.29) is 11.2 Å². The van der Waals surface area contributed by atoms with Crippen LogP contribution in [0.3, 0.4) is 0 Å². The molecule has 15 heavy (non-hydrogen) atoms. The highest BCUT2D eigenvalue weighted by atomic mass is 19.1. The monoisotopic (exact) mass is 209 g/mol. The zero-order chi connectivity index (χ0) is 10.5. The molecule has 0 aromatic heterocycles. The fraction of sp³-hybridized carbons (Fsp3) is 0.500. The van der Waals surface area contributed by atoms with Gasteiger partial charge in [0.1, 0.15) is 11.6 Å². The van der Waals surface area contributed by atoms with Gasteiger partial charge in [-0.15, -0.1) is 0 Å². The van der Waals surface area contributed by atoms with Gasteiger partial charge in [-0.3, -0.25) is 0 Å². The predicted molar refractivity (Wildman–Crippen MR) is 53.6 cm³/mol. The Bertz CT molecular complexity index is 397. The van der Waals surface area contributed by atoms with Crippen LogP contribution in [0, 0.1) is 17.0 Å². The smallest absolute Gasteiger partial charge is 0.129 e. The van der Waals surface area contributed by atoms with Gasteiger partial charge in [-0.05, 0) is 42.3 Å². The molecule has 80 valence electrons. The van der Waals surface area contributed by atoms with E-state index in [1.54, 1.807) is 6.07 Å². The highest BCUT2D eigenvalue weighted by Crippen LogP contribution is 2.62. The van der Waals surface area contributed by atoms with Gasteiger partial charge in [-0.1, -0.05) is 6.07 Å². The first-order valence-electron chi connectivity index (χ1n) is 5.37. The van der Waals surface area contributed by atoms with E-state index < -0.39 is 5.82 Å². The molecular formula is C12H13F2N. The third kappa shape index (κ3) is 1.37. The fourth-order valence-electron chi connectivity index (χ4n) is 2.81. The first kappa shape index (κ1) is 9.28. The molecule has 0 radical (unpaired) electrons. The number of benzene rings is 1. The highest BCUT2D eigenvalue weighted by molar-refractivity contribution is 5.32. The highest BCUT2D eigenvalue weighted by Gasteiger charge is 2.56. The average molecular weight is 209 g/mol. The topological polar surface area (TPSA) is 12.0 Å². The Kier molecular flexibility index (Phi) is 1.87. The first-order valence-corrected chi connectivity index (χ1v) is 5.37. The number of nitrogens with one attached hydrogen (secondary N) is 1. The van der Waals surface area contributed by atoms with E-state index in [9.17, 15) is 8.78 Å². The molecule has 1 saturated carbocycles. The summed E-state index contributed by atoms with van der Waals surface area (Å²) in [5, 5.41) is 3.31. The van der Waals surface area contributed by atoms with Crippen molar-refractivity contribution >= 4 is 0 Å². The summed E-state index contributed by atoms with van der Waals surface area (Å²) < 4.78 is 26.3. The molecule has 1 aliphatic carbocycles. The Morgan fingerprint density at radius 2 is 2.20 bits per heavy atom. The second kappa shape index (κ2) is 3.01. The van der Waals surface area contributed by atoms with Crippen molar-refractivity contribution in [3.63, 3.8) is 0 Å². The Morgan fingerprint density at radius 3 is 2.87 bits per heavy atom. The van der Waals surface area contributed by atoms with Gasteiger partial charge in [-0.2, -0.15) is 0 Å². The quantitative estimate of drug-likeness (QED) is 0.749. The van der Waals surface area contributed by atoms with Crippen molar-refractivity contribution in [2.24, 2.45) is 5.41 Å². The number of halogens is 2. The van der Waals surface area contributed by atoms with Crippen molar-refractivity contribution in [2.45, 2.75) is 18.8 Å². The zero-order valence-electron chi connectivity index (χ0n) is 8.39. The lowest BCUT2D eigenvalue weighted by Gasteiger charge is -2.08. The number of hydrogen-bond donors (Lipinski definition) is 1. The molecular weight excluding hydrogens is 196 g/mol. The van der Waals surface area contributed by atoms with E-state index in [0.29, 0.717) is 11.5 Å². The van der Waals surface area contributed by atoms with Gasteiger partial charge in [0.05, 0.1) is 0 Å². The molecule has 0 unspecified atom stereocenters.